The number of ether oxygens (including phenoxy) is 1. The first-order chi connectivity index (χ1) is 8.18. The van der Waals surface area contributed by atoms with E-state index in [4.69, 9.17) is 4.74 Å². The van der Waals surface area contributed by atoms with Crippen molar-refractivity contribution >= 4 is 5.78 Å². The van der Waals surface area contributed by atoms with Gasteiger partial charge in [0.15, 0.2) is 0 Å². The number of rotatable bonds is 3. The van der Waals surface area contributed by atoms with E-state index in [-0.39, 0.29) is 5.92 Å². The summed E-state index contributed by atoms with van der Waals surface area (Å²) in [5.74, 6) is 0.449. The summed E-state index contributed by atoms with van der Waals surface area (Å²) in [5, 5.41) is 0. The molecule has 1 atom stereocenters. The van der Waals surface area contributed by atoms with Crippen LogP contribution in [-0.2, 0) is 16.0 Å². The van der Waals surface area contributed by atoms with Gasteiger partial charge in [0.05, 0.1) is 6.61 Å². The van der Waals surface area contributed by atoms with Gasteiger partial charge in [0.25, 0.3) is 0 Å². The normalized spacial score (nSPS) is 20.2. The summed E-state index contributed by atoms with van der Waals surface area (Å²) in [5.41, 5.74) is 3.63. The predicted molar refractivity (Wildman–Crippen MR) is 68.2 cm³/mol. The molecule has 0 aliphatic carbocycles. The molecule has 2 nitrogen and oxygen atoms in total. The molecule has 1 aliphatic rings. The molecule has 0 bridgehead atoms. The van der Waals surface area contributed by atoms with Crippen LogP contribution in [0.2, 0.25) is 0 Å². The number of benzene rings is 1. The van der Waals surface area contributed by atoms with Gasteiger partial charge in [0.1, 0.15) is 5.78 Å². The van der Waals surface area contributed by atoms with Crippen LogP contribution in [0, 0.1) is 19.8 Å². The molecule has 1 saturated heterocycles. The Hall–Kier alpha value is -1.15. The molecule has 1 aliphatic heterocycles. The lowest BCUT2D eigenvalue weighted by Crippen LogP contribution is -2.26. The SMILES string of the molecule is Cc1cccc(C)c1CC(=O)C1CCCOC1. The number of ketones is 1. The van der Waals surface area contributed by atoms with Gasteiger partial charge in [0, 0.05) is 18.9 Å². The highest BCUT2D eigenvalue weighted by Crippen LogP contribution is 2.20. The van der Waals surface area contributed by atoms with Crippen molar-refractivity contribution in [3.63, 3.8) is 0 Å². The first-order valence-corrected chi connectivity index (χ1v) is 6.34. The molecule has 2 heteroatoms. The third-order valence-electron chi connectivity index (χ3n) is 3.61. The number of aryl methyl sites for hydroxylation is 2. The van der Waals surface area contributed by atoms with Crippen LogP contribution in [0.15, 0.2) is 18.2 Å². The lowest BCUT2D eigenvalue weighted by atomic mass is 9.90. The van der Waals surface area contributed by atoms with Crippen molar-refractivity contribution in [3.05, 3.63) is 34.9 Å². The molecular formula is C15H20O2. The topological polar surface area (TPSA) is 26.3 Å². The molecule has 1 fully saturated rings. The van der Waals surface area contributed by atoms with Crippen LogP contribution in [0.5, 0.6) is 0 Å². The molecule has 2 rings (SSSR count). The van der Waals surface area contributed by atoms with E-state index < -0.39 is 0 Å². The fraction of sp³-hybridized carbons (Fsp3) is 0.533. The highest BCUT2D eigenvalue weighted by molar-refractivity contribution is 5.84. The second-order valence-electron chi connectivity index (χ2n) is 4.93. The Bertz CT molecular complexity index is 383. The van der Waals surface area contributed by atoms with Crippen LogP contribution >= 0.6 is 0 Å². The van der Waals surface area contributed by atoms with Gasteiger partial charge in [-0.3, -0.25) is 4.79 Å². The maximum atomic E-state index is 12.2. The minimum absolute atomic E-state index is 0.114. The summed E-state index contributed by atoms with van der Waals surface area (Å²) >= 11 is 0. The van der Waals surface area contributed by atoms with E-state index in [1.54, 1.807) is 0 Å². The van der Waals surface area contributed by atoms with Crippen molar-refractivity contribution < 1.29 is 9.53 Å². The maximum absolute atomic E-state index is 12.2. The summed E-state index contributed by atoms with van der Waals surface area (Å²) in [6, 6.07) is 6.20. The van der Waals surface area contributed by atoms with Crippen LogP contribution in [-0.4, -0.2) is 19.0 Å². The fourth-order valence-corrected chi connectivity index (χ4v) is 2.44. The zero-order valence-corrected chi connectivity index (χ0v) is 10.7. The minimum atomic E-state index is 0.114. The van der Waals surface area contributed by atoms with Gasteiger partial charge < -0.3 is 4.74 Å². The van der Waals surface area contributed by atoms with E-state index in [2.05, 4.69) is 26.0 Å². The van der Waals surface area contributed by atoms with Gasteiger partial charge in [-0.2, -0.15) is 0 Å². The third kappa shape index (κ3) is 2.95. The second-order valence-corrected chi connectivity index (χ2v) is 4.93. The lowest BCUT2D eigenvalue weighted by Gasteiger charge is -2.21. The number of hydrogen-bond acceptors (Lipinski definition) is 2. The average molecular weight is 232 g/mol. The summed E-state index contributed by atoms with van der Waals surface area (Å²) in [7, 11) is 0. The van der Waals surface area contributed by atoms with Crippen molar-refractivity contribution in [2.24, 2.45) is 5.92 Å². The Morgan fingerprint density at radius 1 is 1.35 bits per heavy atom. The van der Waals surface area contributed by atoms with E-state index in [1.807, 2.05) is 6.07 Å². The highest BCUT2D eigenvalue weighted by Gasteiger charge is 2.22. The zero-order chi connectivity index (χ0) is 12.3. The van der Waals surface area contributed by atoms with E-state index in [1.165, 1.54) is 16.7 Å². The van der Waals surface area contributed by atoms with Gasteiger partial charge in [-0.1, -0.05) is 18.2 Å². The van der Waals surface area contributed by atoms with Gasteiger partial charge in [0.2, 0.25) is 0 Å². The van der Waals surface area contributed by atoms with Crippen molar-refractivity contribution in [2.75, 3.05) is 13.2 Å². The van der Waals surface area contributed by atoms with Crippen molar-refractivity contribution in [2.45, 2.75) is 33.1 Å². The Morgan fingerprint density at radius 2 is 2.06 bits per heavy atom. The molecular weight excluding hydrogens is 212 g/mol. The molecule has 1 heterocycles. The minimum Gasteiger partial charge on any atom is -0.381 e. The van der Waals surface area contributed by atoms with Crippen LogP contribution in [0.1, 0.15) is 29.5 Å². The Morgan fingerprint density at radius 3 is 2.65 bits per heavy atom. The van der Waals surface area contributed by atoms with Crippen molar-refractivity contribution in [1.82, 2.24) is 0 Å². The largest absolute Gasteiger partial charge is 0.381 e. The van der Waals surface area contributed by atoms with Gasteiger partial charge in [-0.05, 0) is 43.4 Å². The summed E-state index contributed by atoms with van der Waals surface area (Å²) in [6.07, 6.45) is 2.57. The van der Waals surface area contributed by atoms with Crippen LogP contribution in [0.25, 0.3) is 0 Å². The fourth-order valence-electron chi connectivity index (χ4n) is 2.44. The monoisotopic (exact) mass is 232 g/mol. The summed E-state index contributed by atoms with van der Waals surface area (Å²) in [6.45, 7) is 5.58. The van der Waals surface area contributed by atoms with Crippen LogP contribution in [0.4, 0.5) is 0 Å². The molecule has 0 N–H and O–H groups in total. The van der Waals surface area contributed by atoms with Gasteiger partial charge in [-0.25, -0.2) is 0 Å². The Balaban J connectivity index is 2.07. The van der Waals surface area contributed by atoms with Crippen molar-refractivity contribution in [1.29, 1.82) is 0 Å². The number of hydrogen-bond donors (Lipinski definition) is 0. The third-order valence-corrected chi connectivity index (χ3v) is 3.61. The van der Waals surface area contributed by atoms with E-state index >= 15 is 0 Å². The number of Topliss-reactive ketones (excluding diaryl/α,β-unsaturated/α-hetero) is 1. The molecule has 1 aromatic carbocycles. The molecule has 0 saturated carbocycles. The first-order valence-electron chi connectivity index (χ1n) is 6.34. The van der Waals surface area contributed by atoms with E-state index in [9.17, 15) is 4.79 Å². The second kappa shape index (κ2) is 5.46. The smallest absolute Gasteiger partial charge is 0.142 e. The quantitative estimate of drug-likeness (QED) is 0.801. The highest BCUT2D eigenvalue weighted by atomic mass is 16.5. The lowest BCUT2D eigenvalue weighted by molar-refractivity contribution is -0.126. The number of carbonyl (C=O) groups is 1. The molecule has 0 aromatic heterocycles. The predicted octanol–water partition coefficient (Wildman–Crippen LogP) is 2.84. The van der Waals surface area contributed by atoms with Crippen LogP contribution in [0.3, 0.4) is 0 Å². The molecule has 0 spiro atoms. The van der Waals surface area contributed by atoms with Crippen molar-refractivity contribution in [3.8, 4) is 0 Å². The summed E-state index contributed by atoms with van der Waals surface area (Å²) < 4.78 is 5.38. The molecule has 0 radical (unpaired) electrons. The van der Waals surface area contributed by atoms with E-state index in [0.29, 0.717) is 18.8 Å². The Labute approximate surface area is 103 Å². The first kappa shape index (κ1) is 12.3. The molecule has 1 unspecified atom stereocenters. The molecule has 1 aromatic rings. The standard InChI is InChI=1S/C15H20O2/c1-11-5-3-6-12(2)14(11)9-15(16)13-7-4-8-17-10-13/h3,5-6,13H,4,7-10H2,1-2H3. The van der Waals surface area contributed by atoms with Gasteiger partial charge in [-0.15, -0.1) is 0 Å². The average Bonchev–Trinajstić information content (AvgIpc) is 2.35. The van der Waals surface area contributed by atoms with E-state index in [0.717, 1.165) is 19.4 Å². The maximum Gasteiger partial charge on any atom is 0.142 e. The summed E-state index contributed by atoms with van der Waals surface area (Å²) in [4.78, 5) is 12.2. The Kier molecular flexibility index (Phi) is 3.95. The molecule has 92 valence electrons. The zero-order valence-electron chi connectivity index (χ0n) is 10.7. The number of carbonyl (C=O) groups excluding carboxylic acids is 1. The van der Waals surface area contributed by atoms with Crippen LogP contribution < -0.4 is 0 Å². The molecule has 17 heavy (non-hydrogen) atoms. The molecule has 0 amide bonds. The van der Waals surface area contributed by atoms with Gasteiger partial charge >= 0.3 is 0 Å².